The molecule has 1 nitrogen and oxygen atoms in total. The van der Waals surface area contributed by atoms with E-state index in [1.165, 1.54) is 36.5 Å². The van der Waals surface area contributed by atoms with Gasteiger partial charge in [0.1, 0.15) is 0 Å². The molecule has 0 aliphatic carbocycles. The van der Waals surface area contributed by atoms with E-state index in [-0.39, 0.29) is 0 Å². The van der Waals surface area contributed by atoms with E-state index in [2.05, 4.69) is 29.2 Å². The smallest absolute Gasteiger partial charge is 0.0441 e. The third-order valence-electron chi connectivity index (χ3n) is 4.30. The van der Waals surface area contributed by atoms with E-state index in [0.717, 1.165) is 11.6 Å². The molecule has 1 aromatic carbocycles. The lowest BCUT2D eigenvalue weighted by Crippen LogP contribution is -2.43. The second-order valence-electron chi connectivity index (χ2n) is 5.19. The Morgan fingerprint density at radius 1 is 1.29 bits per heavy atom. The molecule has 0 radical (unpaired) electrons. The molecule has 0 bridgehead atoms. The first kappa shape index (κ1) is 11.9. The first-order valence-electron chi connectivity index (χ1n) is 6.35. The van der Waals surface area contributed by atoms with Gasteiger partial charge in [0.2, 0.25) is 0 Å². The van der Waals surface area contributed by atoms with E-state index in [1.807, 2.05) is 12.1 Å². The van der Waals surface area contributed by atoms with Gasteiger partial charge in [-0.3, -0.25) is 0 Å². The molecular weight excluding hydrogens is 250 g/mol. The molecule has 2 heterocycles. The van der Waals surface area contributed by atoms with Crippen molar-refractivity contribution in [3.63, 3.8) is 0 Å². The summed E-state index contributed by atoms with van der Waals surface area (Å²) in [5.41, 5.74) is 1.85. The Morgan fingerprint density at radius 3 is 2.94 bits per heavy atom. The molecule has 1 aromatic rings. The molecule has 1 N–H and O–H groups in total. The standard InChI is InChI=1S/C14H18ClNS/c15-13-4-2-1-3-11(13)12-9-16-7-5-14(12)6-8-17-10-14/h1-4,12,16H,5-10H2. The van der Waals surface area contributed by atoms with E-state index in [4.69, 9.17) is 11.6 Å². The van der Waals surface area contributed by atoms with Crippen LogP contribution in [-0.2, 0) is 0 Å². The maximum Gasteiger partial charge on any atom is 0.0441 e. The Hall–Kier alpha value is -0.180. The second kappa shape index (κ2) is 4.83. The van der Waals surface area contributed by atoms with Gasteiger partial charge in [0.15, 0.2) is 0 Å². The van der Waals surface area contributed by atoms with Crippen LogP contribution in [0.25, 0.3) is 0 Å². The van der Waals surface area contributed by atoms with Gasteiger partial charge in [-0.05, 0) is 47.9 Å². The van der Waals surface area contributed by atoms with Crippen molar-refractivity contribution < 1.29 is 0 Å². The number of hydrogen-bond donors (Lipinski definition) is 1. The highest BCUT2D eigenvalue weighted by molar-refractivity contribution is 7.99. The van der Waals surface area contributed by atoms with Gasteiger partial charge < -0.3 is 5.32 Å². The number of halogens is 1. The van der Waals surface area contributed by atoms with Gasteiger partial charge in [0, 0.05) is 17.5 Å². The highest BCUT2D eigenvalue weighted by Gasteiger charge is 2.44. The SMILES string of the molecule is Clc1ccccc1C1CNCCC12CCSC2. The van der Waals surface area contributed by atoms with Gasteiger partial charge >= 0.3 is 0 Å². The molecule has 2 aliphatic rings. The molecule has 2 fully saturated rings. The molecule has 0 aromatic heterocycles. The highest BCUT2D eigenvalue weighted by Crippen LogP contribution is 2.51. The van der Waals surface area contributed by atoms with Gasteiger partial charge in [0.25, 0.3) is 0 Å². The maximum atomic E-state index is 6.38. The summed E-state index contributed by atoms with van der Waals surface area (Å²) < 4.78 is 0. The fourth-order valence-electron chi connectivity index (χ4n) is 3.27. The Balaban J connectivity index is 1.97. The minimum Gasteiger partial charge on any atom is -0.316 e. The normalized spacial score (nSPS) is 33.1. The lowest BCUT2D eigenvalue weighted by molar-refractivity contribution is 0.197. The molecule has 92 valence electrons. The quantitative estimate of drug-likeness (QED) is 0.835. The van der Waals surface area contributed by atoms with Crippen molar-refractivity contribution in [3.8, 4) is 0 Å². The van der Waals surface area contributed by atoms with Crippen molar-refractivity contribution >= 4 is 23.4 Å². The molecule has 2 saturated heterocycles. The number of hydrogen-bond acceptors (Lipinski definition) is 2. The summed E-state index contributed by atoms with van der Waals surface area (Å²) in [4.78, 5) is 0. The van der Waals surface area contributed by atoms with Crippen LogP contribution in [0.4, 0.5) is 0 Å². The summed E-state index contributed by atoms with van der Waals surface area (Å²) >= 11 is 8.50. The molecule has 2 aliphatic heterocycles. The van der Waals surface area contributed by atoms with Crippen LogP contribution in [0, 0.1) is 5.41 Å². The number of benzene rings is 1. The lowest BCUT2D eigenvalue weighted by Gasteiger charge is -2.42. The van der Waals surface area contributed by atoms with Crippen molar-refractivity contribution in [2.24, 2.45) is 5.41 Å². The topological polar surface area (TPSA) is 12.0 Å². The molecule has 0 saturated carbocycles. The Bertz CT molecular complexity index is 401. The summed E-state index contributed by atoms with van der Waals surface area (Å²) in [6.45, 7) is 2.26. The average Bonchev–Trinajstić information content (AvgIpc) is 2.80. The van der Waals surface area contributed by atoms with Crippen molar-refractivity contribution in [3.05, 3.63) is 34.9 Å². The van der Waals surface area contributed by atoms with E-state index >= 15 is 0 Å². The molecule has 2 atom stereocenters. The van der Waals surface area contributed by atoms with Crippen molar-refractivity contribution in [1.29, 1.82) is 0 Å². The largest absolute Gasteiger partial charge is 0.316 e. The first-order chi connectivity index (χ1) is 8.32. The van der Waals surface area contributed by atoms with Crippen LogP contribution < -0.4 is 5.32 Å². The minimum absolute atomic E-state index is 0.501. The summed E-state index contributed by atoms with van der Waals surface area (Å²) in [5, 5.41) is 4.49. The predicted molar refractivity (Wildman–Crippen MR) is 76.1 cm³/mol. The minimum atomic E-state index is 0.501. The maximum absolute atomic E-state index is 6.38. The Morgan fingerprint density at radius 2 is 2.18 bits per heavy atom. The molecule has 3 rings (SSSR count). The molecule has 0 amide bonds. The number of rotatable bonds is 1. The van der Waals surface area contributed by atoms with Gasteiger partial charge in [0.05, 0.1) is 0 Å². The zero-order valence-electron chi connectivity index (χ0n) is 9.92. The molecular formula is C14H18ClNS. The molecule has 17 heavy (non-hydrogen) atoms. The van der Waals surface area contributed by atoms with Crippen LogP contribution in [0.5, 0.6) is 0 Å². The van der Waals surface area contributed by atoms with Gasteiger partial charge in [-0.15, -0.1) is 0 Å². The van der Waals surface area contributed by atoms with E-state index in [0.29, 0.717) is 11.3 Å². The van der Waals surface area contributed by atoms with Gasteiger partial charge in [-0.2, -0.15) is 11.8 Å². The van der Waals surface area contributed by atoms with Gasteiger partial charge in [-0.1, -0.05) is 29.8 Å². The van der Waals surface area contributed by atoms with Crippen LogP contribution in [0.15, 0.2) is 24.3 Å². The average molecular weight is 268 g/mol. The third-order valence-corrected chi connectivity index (χ3v) is 5.92. The Labute approximate surface area is 112 Å². The Kier molecular flexibility index (Phi) is 3.38. The molecule has 3 heteroatoms. The summed E-state index contributed by atoms with van der Waals surface area (Å²) in [7, 11) is 0. The van der Waals surface area contributed by atoms with E-state index in [9.17, 15) is 0 Å². The van der Waals surface area contributed by atoms with Crippen LogP contribution in [0.3, 0.4) is 0 Å². The highest BCUT2D eigenvalue weighted by atomic mass is 35.5. The number of nitrogens with one attached hydrogen (secondary N) is 1. The van der Waals surface area contributed by atoms with Crippen molar-refractivity contribution in [2.75, 3.05) is 24.6 Å². The fourth-order valence-corrected chi connectivity index (χ4v) is 5.13. The fraction of sp³-hybridized carbons (Fsp3) is 0.571. The monoisotopic (exact) mass is 267 g/mol. The number of thioether (sulfide) groups is 1. The van der Waals surface area contributed by atoms with E-state index < -0.39 is 0 Å². The van der Waals surface area contributed by atoms with Crippen LogP contribution in [0.2, 0.25) is 5.02 Å². The van der Waals surface area contributed by atoms with Crippen LogP contribution in [0.1, 0.15) is 24.3 Å². The second-order valence-corrected chi connectivity index (χ2v) is 6.71. The molecule has 2 unspecified atom stereocenters. The zero-order valence-corrected chi connectivity index (χ0v) is 11.5. The van der Waals surface area contributed by atoms with Gasteiger partial charge in [-0.25, -0.2) is 0 Å². The summed E-state index contributed by atoms with van der Waals surface area (Å²) in [5.74, 6) is 3.23. The molecule has 1 spiro atoms. The van der Waals surface area contributed by atoms with Crippen molar-refractivity contribution in [1.82, 2.24) is 5.32 Å². The van der Waals surface area contributed by atoms with E-state index in [1.54, 1.807) is 0 Å². The third kappa shape index (κ3) is 2.11. The first-order valence-corrected chi connectivity index (χ1v) is 7.88. The lowest BCUT2D eigenvalue weighted by atomic mass is 9.67. The summed E-state index contributed by atoms with van der Waals surface area (Å²) in [6, 6.07) is 8.38. The zero-order chi connectivity index (χ0) is 11.7. The van der Waals surface area contributed by atoms with Crippen LogP contribution >= 0.6 is 23.4 Å². The van der Waals surface area contributed by atoms with Crippen LogP contribution in [-0.4, -0.2) is 24.6 Å². The summed E-state index contributed by atoms with van der Waals surface area (Å²) in [6.07, 6.45) is 2.66. The predicted octanol–water partition coefficient (Wildman–Crippen LogP) is 3.54. The van der Waals surface area contributed by atoms with Crippen molar-refractivity contribution in [2.45, 2.75) is 18.8 Å². The number of piperidine rings is 1.